The molecule has 0 bridgehead atoms. The number of aromatic nitrogens is 1. The molecule has 0 aliphatic heterocycles. The first-order valence-corrected chi connectivity index (χ1v) is 6.26. The van der Waals surface area contributed by atoms with E-state index in [1.54, 1.807) is 12.1 Å². The number of fused-ring (bicyclic) bond motifs is 1. The van der Waals surface area contributed by atoms with Crippen LogP contribution in [0.5, 0.6) is 0 Å². The average molecular weight is 246 g/mol. The van der Waals surface area contributed by atoms with E-state index < -0.39 is 0 Å². The van der Waals surface area contributed by atoms with Gasteiger partial charge in [0.05, 0.1) is 6.61 Å². The van der Waals surface area contributed by atoms with Crippen LogP contribution < -0.4 is 5.73 Å². The van der Waals surface area contributed by atoms with Gasteiger partial charge in [-0.1, -0.05) is 19.8 Å². The molecule has 0 amide bonds. The van der Waals surface area contributed by atoms with Crippen molar-refractivity contribution >= 4 is 22.6 Å². The van der Waals surface area contributed by atoms with Crippen LogP contribution in [0, 0.1) is 0 Å². The zero-order chi connectivity index (χ0) is 13.0. The summed E-state index contributed by atoms with van der Waals surface area (Å²) in [5.41, 5.74) is 7.75. The third-order valence-electron chi connectivity index (χ3n) is 2.85. The van der Waals surface area contributed by atoms with Crippen molar-refractivity contribution in [3.8, 4) is 0 Å². The van der Waals surface area contributed by atoms with Crippen LogP contribution in [0.2, 0.25) is 0 Å². The Kier molecular flexibility index (Phi) is 3.87. The van der Waals surface area contributed by atoms with Gasteiger partial charge >= 0.3 is 5.97 Å². The number of hydrogen-bond acceptors (Lipinski definition) is 3. The zero-order valence-electron chi connectivity index (χ0n) is 10.5. The zero-order valence-corrected chi connectivity index (χ0v) is 10.5. The molecule has 0 fully saturated rings. The molecule has 1 aromatic heterocycles. The van der Waals surface area contributed by atoms with E-state index in [1.807, 2.05) is 12.1 Å². The first kappa shape index (κ1) is 12.5. The molecule has 18 heavy (non-hydrogen) atoms. The average Bonchev–Trinajstić information content (AvgIpc) is 2.77. The van der Waals surface area contributed by atoms with Crippen molar-refractivity contribution in [1.29, 1.82) is 0 Å². The van der Waals surface area contributed by atoms with E-state index in [0.717, 1.165) is 30.2 Å². The predicted octanol–water partition coefficient (Wildman–Crippen LogP) is 3.10. The van der Waals surface area contributed by atoms with E-state index >= 15 is 0 Å². The van der Waals surface area contributed by atoms with E-state index in [4.69, 9.17) is 10.5 Å². The molecule has 4 nitrogen and oxygen atoms in total. The van der Waals surface area contributed by atoms with Crippen LogP contribution >= 0.6 is 0 Å². The van der Waals surface area contributed by atoms with Gasteiger partial charge in [-0.25, -0.2) is 4.79 Å². The number of carbonyl (C=O) groups is 1. The lowest BCUT2D eigenvalue weighted by Gasteiger charge is -2.01. The summed E-state index contributed by atoms with van der Waals surface area (Å²) >= 11 is 0. The standard InChI is InChI=1S/C14H18N2O2/c1-2-3-4-7-18-14(17)13-9-10-8-11(15)5-6-12(10)16-13/h5-6,8-9,16H,2-4,7,15H2,1H3. The topological polar surface area (TPSA) is 68.1 Å². The largest absolute Gasteiger partial charge is 0.461 e. The van der Waals surface area contributed by atoms with Crippen molar-refractivity contribution in [3.63, 3.8) is 0 Å². The van der Waals surface area contributed by atoms with Gasteiger partial charge in [0.15, 0.2) is 0 Å². The first-order valence-electron chi connectivity index (χ1n) is 6.26. The maximum Gasteiger partial charge on any atom is 0.354 e. The molecule has 0 saturated heterocycles. The molecule has 2 rings (SSSR count). The Morgan fingerprint density at radius 2 is 2.17 bits per heavy atom. The lowest BCUT2D eigenvalue weighted by atomic mass is 10.2. The van der Waals surface area contributed by atoms with Gasteiger partial charge in [0.1, 0.15) is 5.69 Å². The molecule has 1 heterocycles. The molecule has 2 aromatic rings. The van der Waals surface area contributed by atoms with E-state index in [-0.39, 0.29) is 5.97 Å². The highest BCUT2D eigenvalue weighted by Gasteiger charge is 2.10. The van der Waals surface area contributed by atoms with Crippen molar-refractivity contribution in [2.75, 3.05) is 12.3 Å². The number of nitrogens with one attached hydrogen (secondary N) is 1. The van der Waals surface area contributed by atoms with Crippen molar-refractivity contribution in [2.45, 2.75) is 26.2 Å². The summed E-state index contributed by atoms with van der Waals surface area (Å²) in [5, 5.41) is 0.926. The highest BCUT2D eigenvalue weighted by Crippen LogP contribution is 2.18. The van der Waals surface area contributed by atoms with Crippen molar-refractivity contribution in [2.24, 2.45) is 0 Å². The molecule has 0 aliphatic carbocycles. The van der Waals surface area contributed by atoms with Gasteiger partial charge < -0.3 is 15.5 Å². The number of rotatable bonds is 5. The van der Waals surface area contributed by atoms with Gasteiger partial charge in [0.2, 0.25) is 0 Å². The summed E-state index contributed by atoms with van der Waals surface area (Å²) in [6, 6.07) is 7.27. The number of H-pyrrole nitrogens is 1. The fourth-order valence-corrected chi connectivity index (χ4v) is 1.86. The number of anilines is 1. The normalized spacial score (nSPS) is 10.7. The van der Waals surface area contributed by atoms with Gasteiger partial charge in [-0.05, 0) is 30.7 Å². The van der Waals surface area contributed by atoms with Crippen molar-refractivity contribution in [1.82, 2.24) is 4.98 Å². The molecule has 96 valence electrons. The van der Waals surface area contributed by atoms with Crippen molar-refractivity contribution in [3.05, 3.63) is 30.0 Å². The Balaban J connectivity index is 2.04. The number of nitrogens with two attached hydrogens (primary N) is 1. The third-order valence-corrected chi connectivity index (χ3v) is 2.85. The number of ether oxygens (including phenoxy) is 1. The summed E-state index contributed by atoms with van der Waals surface area (Å²) < 4.78 is 5.19. The van der Waals surface area contributed by atoms with Crippen LogP contribution in [0.3, 0.4) is 0 Å². The number of esters is 1. The van der Waals surface area contributed by atoms with Crippen molar-refractivity contribution < 1.29 is 9.53 Å². The smallest absolute Gasteiger partial charge is 0.354 e. The Hall–Kier alpha value is -1.97. The van der Waals surface area contributed by atoms with Crippen LogP contribution in [-0.4, -0.2) is 17.6 Å². The minimum atomic E-state index is -0.305. The highest BCUT2D eigenvalue weighted by atomic mass is 16.5. The number of benzene rings is 1. The van der Waals surface area contributed by atoms with Gasteiger partial charge in [-0.15, -0.1) is 0 Å². The second-order valence-corrected chi connectivity index (χ2v) is 4.37. The minimum Gasteiger partial charge on any atom is -0.461 e. The summed E-state index contributed by atoms with van der Waals surface area (Å²) in [4.78, 5) is 14.8. The van der Waals surface area contributed by atoms with Gasteiger partial charge in [0, 0.05) is 16.6 Å². The Morgan fingerprint density at radius 3 is 2.94 bits per heavy atom. The van der Waals surface area contributed by atoms with Crippen LogP contribution in [0.4, 0.5) is 5.69 Å². The molecule has 0 spiro atoms. The number of hydrogen-bond donors (Lipinski definition) is 2. The Morgan fingerprint density at radius 1 is 1.33 bits per heavy atom. The molecule has 0 radical (unpaired) electrons. The van der Waals surface area contributed by atoms with E-state index in [1.165, 1.54) is 0 Å². The molecule has 0 atom stereocenters. The lowest BCUT2D eigenvalue weighted by Crippen LogP contribution is -2.06. The van der Waals surface area contributed by atoms with E-state index in [9.17, 15) is 4.79 Å². The molecular formula is C14H18N2O2. The van der Waals surface area contributed by atoms with Gasteiger partial charge in [0.25, 0.3) is 0 Å². The summed E-state index contributed by atoms with van der Waals surface area (Å²) in [7, 11) is 0. The minimum absolute atomic E-state index is 0.305. The molecule has 4 heteroatoms. The second kappa shape index (κ2) is 5.58. The SMILES string of the molecule is CCCCCOC(=O)c1cc2cc(N)ccc2[nH]1. The van der Waals surface area contributed by atoms with E-state index in [0.29, 0.717) is 18.0 Å². The van der Waals surface area contributed by atoms with Crippen LogP contribution in [0.25, 0.3) is 10.9 Å². The number of carbonyl (C=O) groups excluding carboxylic acids is 1. The summed E-state index contributed by atoms with van der Waals surface area (Å²) in [5.74, 6) is -0.305. The molecule has 0 unspecified atom stereocenters. The maximum absolute atomic E-state index is 11.8. The second-order valence-electron chi connectivity index (χ2n) is 4.37. The molecule has 1 aromatic carbocycles. The summed E-state index contributed by atoms with van der Waals surface area (Å²) in [6.07, 6.45) is 3.11. The highest BCUT2D eigenvalue weighted by molar-refractivity contribution is 5.95. The lowest BCUT2D eigenvalue weighted by molar-refractivity contribution is 0.0492. The predicted molar refractivity (Wildman–Crippen MR) is 72.5 cm³/mol. The molecule has 3 N–H and O–H groups in total. The number of nitrogen functional groups attached to an aromatic ring is 1. The van der Waals surface area contributed by atoms with Crippen LogP contribution in [-0.2, 0) is 4.74 Å². The Bertz CT molecular complexity index is 546. The van der Waals surface area contributed by atoms with Gasteiger partial charge in [-0.3, -0.25) is 0 Å². The van der Waals surface area contributed by atoms with E-state index in [2.05, 4.69) is 11.9 Å². The molecule has 0 aliphatic rings. The maximum atomic E-state index is 11.8. The summed E-state index contributed by atoms with van der Waals surface area (Å²) in [6.45, 7) is 2.59. The molecular weight excluding hydrogens is 228 g/mol. The van der Waals surface area contributed by atoms with Crippen LogP contribution in [0.15, 0.2) is 24.3 Å². The quantitative estimate of drug-likeness (QED) is 0.484. The van der Waals surface area contributed by atoms with Gasteiger partial charge in [-0.2, -0.15) is 0 Å². The third kappa shape index (κ3) is 2.83. The number of unbranched alkanes of at least 4 members (excludes halogenated alkanes) is 2. The fourth-order valence-electron chi connectivity index (χ4n) is 1.86. The fraction of sp³-hybridized carbons (Fsp3) is 0.357. The number of aromatic amines is 1. The monoisotopic (exact) mass is 246 g/mol. The first-order chi connectivity index (χ1) is 8.70. The molecule has 0 saturated carbocycles. The Labute approximate surface area is 106 Å². The van der Waals surface area contributed by atoms with Crippen LogP contribution in [0.1, 0.15) is 36.7 Å².